The normalized spacial score (nSPS) is 11.4. The zero-order valence-electron chi connectivity index (χ0n) is 13.0. The van der Waals surface area contributed by atoms with Gasteiger partial charge >= 0.3 is 0 Å². The van der Waals surface area contributed by atoms with Gasteiger partial charge in [-0.1, -0.05) is 25.1 Å². The summed E-state index contributed by atoms with van der Waals surface area (Å²) in [5, 5.41) is 6.32. The predicted octanol–water partition coefficient (Wildman–Crippen LogP) is 2.59. The minimum Gasteiger partial charge on any atom is -0.383 e. The first-order valence-corrected chi connectivity index (χ1v) is 7.10. The standard InChI is InChI=1S/C16H26N2O2/c1-5-13-8-6-7-9-14(13)18-15(19)12-16(2,3)17-10-11-20-4/h6-9,17H,5,10-12H2,1-4H3,(H,18,19). The van der Waals surface area contributed by atoms with Crippen LogP contribution in [0.4, 0.5) is 5.69 Å². The van der Waals surface area contributed by atoms with Crippen LogP contribution in [-0.2, 0) is 16.0 Å². The maximum atomic E-state index is 12.1. The van der Waals surface area contributed by atoms with Gasteiger partial charge in [-0.25, -0.2) is 0 Å². The highest BCUT2D eigenvalue weighted by Crippen LogP contribution is 2.17. The number of anilines is 1. The fourth-order valence-electron chi connectivity index (χ4n) is 2.10. The Hall–Kier alpha value is -1.39. The number of amides is 1. The Labute approximate surface area is 121 Å². The Kier molecular flexibility index (Phi) is 6.68. The average Bonchev–Trinajstić information content (AvgIpc) is 2.38. The van der Waals surface area contributed by atoms with Gasteiger partial charge in [0.2, 0.25) is 5.91 Å². The van der Waals surface area contributed by atoms with E-state index in [0.29, 0.717) is 13.0 Å². The molecule has 0 bridgehead atoms. The molecule has 112 valence electrons. The maximum Gasteiger partial charge on any atom is 0.226 e. The van der Waals surface area contributed by atoms with Crippen LogP contribution in [0.3, 0.4) is 0 Å². The third-order valence-electron chi connectivity index (χ3n) is 3.18. The van der Waals surface area contributed by atoms with Gasteiger partial charge in [0.05, 0.1) is 6.61 Å². The molecule has 0 aliphatic carbocycles. The first kappa shape index (κ1) is 16.7. The van der Waals surface area contributed by atoms with E-state index in [1.165, 1.54) is 0 Å². The third kappa shape index (κ3) is 5.72. The van der Waals surface area contributed by atoms with Crippen molar-refractivity contribution in [2.45, 2.75) is 39.2 Å². The largest absolute Gasteiger partial charge is 0.383 e. The number of nitrogens with one attached hydrogen (secondary N) is 2. The summed E-state index contributed by atoms with van der Waals surface area (Å²) < 4.78 is 5.01. The van der Waals surface area contributed by atoms with Crippen LogP contribution in [0.2, 0.25) is 0 Å². The van der Waals surface area contributed by atoms with Gasteiger partial charge < -0.3 is 15.4 Å². The van der Waals surface area contributed by atoms with Gasteiger partial charge in [-0.05, 0) is 31.9 Å². The van der Waals surface area contributed by atoms with Crippen LogP contribution in [0.15, 0.2) is 24.3 Å². The molecule has 20 heavy (non-hydrogen) atoms. The molecule has 0 heterocycles. The number of hydrogen-bond donors (Lipinski definition) is 2. The Morgan fingerprint density at radius 1 is 1.30 bits per heavy atom. The lowest BCUT2D eigenvalue weighted by Crippen LogP contribution is -2.43. The van der Waals surface area contributed by atoms with Crippen LogP contribution in [0.1, 0.15) is 32.8 Å². The highest BCUT2D eigenvalue weighted by molar-refractivity contribution is 5.92. The summed E-state index contributed by atoms with van der Waals surface area (Å²) in [5.74, 6) is 0.0285. The van der Waals surface area contributed by atoms with Crippen molar-refractivity contribution in [2.75, 3.05) is 25.6 Å². The van der Waals surface area contributed by atoms with Crippen molar-refractivity contribution in [1.82, 2.24) is 5.32 Å². The van der Waals surface area contributed by atoms with E-state index in [-0.39, 0.29) is 11.4 Å². The molecule has 1 amide bonds. The van der Waals surface area contributed by atoms with Gasteiger partial charge in [0.15, 0.2) is 0 Å². The lowest BCUT2D eigenvalue weighted by Gasteiger charge is -2.25. The lowest BCUT2D eigenvalue weighted by atomic mass is 10.00. The van der Waals surface area contributed by atoms with E-state index in [2.05, 4.69) is 17.6 Å². The number of rotatable bonds is 8. The van der Waals surface area contributed by atoms with Crippen LogP contribution in [-0.4, -0.2) is 31.7 Å². The first-order chi connectivity index (χ1) is 9.48. The van der Waals surface area contributed by atoms with Gasteiger partial charge in [0, 0.05) is 31.3 Å². The fourth-order valence-corrected chi connectivity index (χ4v) is 2.10. The summed E-state index contributed by atoms with van der Waals surface area (Å²) in [6.45, 7) is 7.51. The molecule has 0 aliphatic heterocycles. The van der Waals surface area contributed by atoms with Crippen molar-refractivity contribution in [2.24, 2.45) is 0 Å². The number of carbonyl (C=O) groups excluding carboxylic acids is 1. The number of benzene rings is 1. The molecule has 0 aliphatic rings. The van der Waals surface area contributed by atoms with E-state index in [4.69, 9.17) is 4.74 Å². The van der Waals surface area contributed by atoms with Crippen molar-refractivity contribution < 1.29 is 9.53 Å². The molecule has 0 unspecified atom stereocenters. The zero-order valence-corrected chi connectivity index (χ0v) is 13.0. The number of ether oxygens (including phenoxy) is 1. The molecule has 0 atom stereocenters. The first-order valence-electron chi connectivity index (χ1n) is 7.10. The van der Waals surface area contributed by atoms with Crippen LogP contribution in [0.25, 0.3) is 0 Å². The minimum absolute atomic E-state index is 0.0285. The molecule has 0 aromatic heterocycles. The van der Waals surface area contributed by atoms with Gasteiger partial charge in [-0.15, -0.1) is 0 Å². The van der Waals surface area contributed by atoms with E-state index >= 15 is 0 Å². The number of para-hydroxylation sites is 1. The predicted molar refractivity (Wildman–Crippen MR) is 83.0 cm³/mol. The molecule has 1 rings (SSSR count). The monoisotopic (exact) mass is 278 g/mol. The van der Waals surface area contributed by atoms with Crippen molar-refractivity contribution in [1.29, 1.82) is 0 Å². The number of aryl methyl sites for hydroxylation is 1. The fraction of sp³-hybridized carbons (Fsp3) is 0.562. The smallest absolute Gasteiger partial charge is 0.226 e. The molecular formula is C16H26N2O2. The van der Waals surface area contributed by atoms with E-state index in [0.717, 1.165) is 24.2 Å². The lowest BCUT2D eigenvalue weighted by molar-refractivity contribution is -0.117. The quantitative estimate of drug-likeness (QED) is 0.719. The van der Waals surface area contributed by atoms with E-state index in [1.807, 2.05) is 38.1 Å². The molecule has 2 N–H and O–H groups in total. The van der Waals surface area contributed by atoms with E-state index in [1.54, 1.807) is 7.11 Å². The Morgan fingerprint density at radius 3 is 2.65 bits per heavy atom. The molecule has 4 heteroatoms. The number of hydrogen-bond acceptors (Lipinski definition) is 3. The Morgan fingerprint density at radius 2 is 2.00 bits per heavy atom. The highest BCUT2D eigenvalue weighted by atomic mass is 16.5. The zero-order chi connectivity index (χ0) is 15.0. The Bertz CT molecular complexity index is 430. The molecule has 0 fully saturated rings. The summed E-state index contributed by atoms with van der Waals surface area (Å²) in [7, 11) is 1.67. The third-order valence-corrected chi connectivity index (χ3v) is 3.18. The van der Waals surface area contributed by atoms with Crippen molar-refractivity contribution >= 4 is 11.6 Å². The topological polar surface area (TPSA) is 50.4 Å². The Balaban J connectivity index is 2.54. The SMILES string of the molecule is CCc1ccccc1NC(=O)CC(C)(C)NCCOC. The van der Waals surface area contributed by atoms with E-state index in [9.17, 15) is 4.79 Å². The molecule has 4 nitrogen and oxygen atoms in total. The van der Waals surface area contributed by atoms with Crippen molar-refractivity contribution in [3.05, 3.63) is 29.8 Å². The van der Waals surface area contributed by atoms with Crippen LogP contribution in [0.5, 0.6) is 0 Å². The summed E-state index contributed by atoms with van der Waals surface area (Å²) in [4.78, 5) is 12.1. The molecule has 0 saturated heterocycles. The minimum atomic E-state index is -0.246. The van der Waals surface area contributed by atoms with Gasteiger partial charge in [-0.2, -0.15) is 0 Å². The molecule has 1 aromatic rings. The number of methoxy groups -OCH3 is 1. The second-order valence-electron chi connectivity index (χ2n) is 5.54. The molecular weight excluding hydrogens is 252 g/mol. The van der Waals surface area contributed by atoms with Crippen LogP contribution in [0, 0.1) is 0 Å². The summed E-state index contributed by atoms with van der Waals surface area (Å²) in [6.07, 6.45) is 1.33. The summed E-state index contributed by atoms with van der Waals surface area (Å²) in [6, 6.07) is 7.92. The van der Waals surface area contributed by atoms with Gasteiger partial charge in [0.25, 0.3) is 0 Å². The summed E-state index contributed by atoms with van der Waals surface area (Å²) in [5.41, 5.74) is 1.82. The van der Waals surface area contributed by atoms with Crippen LogP contribution < -0.4 is 10.6 Å². The number of carbonyl (C=O) groups is 1. The molecule has 0 radical (unpaired) electrons. The summed E-state index contributed by atoms with van der Waals surface area (Å²) >= 11 is 0. The van der Waals surface area contributed by atoms with Gasteiger partial charge in [-0.3, -0.25) is 4.79 Å². The average molecular weight is 278 g/mol. The van der Waals surface area contributed by atoms with Gasteiger partial charge in [0.1, 0.15) is 0 Å². The molecule has 1 aromatic carbocycles. The maximum absolute atomic E-state index is 12.1. The molecule has 0 saturated carbocycles. The highest BCUT2D eigenvalue weighted by Gasteiger charge is 2.21. The van der Waals surface area contributed by atoms with Crippen molar-refractivity contribution in [3.63, 3.8) is 0 Å². The van der Waals surface area contributed by atoms with Crippen molar-refractivity contribution in [3.8, 4) is 0 Å². The second kappa shape index (κ2) is 8.02. The molecule has 0 spiro atoms. The van der Waals surface area contributed by atoms with Crippen LogP contribution >= 0.6 is 0 Å². The van der Waals surface area contributed by atoms with E-state index < -0.39 is 0 Å². The second-order valence-corrected chi connectivity index (χ2v) is 5.54.